The van der Waals surface area contributed by atoms with Crippen LogP contribution < -0.4 is 5.32 Å². The first-order chi connectivity index (χ1) is 8.94. The van der Waals surface area contributed by atoms with E-state index in [9.17, 15) is 4.39 Å². The molecule has 1 aromatic carbocycles. The van der Waals surface area contributed by atoms with Gasteiger partial charge in [0.2, 0.25) is 0 Å². The molecule has 1 aliphatic heterocycles. The number of hydrogen-bond acceptors (Lipinski definition) is 1. The van der Waals surface area contributed by atoms with Gasteiger partial charge in [-0.2, -0.15) is 0 Å². The van der Waals surface area contributed by atoms with E-state index >= 15 is 0 Å². The number of para-hydroxylation sites is 1. The van der Waals surface area contributed by atoms with Gasteiger partial charge in [0.1, 0.15) is 5.67 Å². The van der Waals surface area contributed by atoms with Crippen LogP contribution in [0.2, 0.25) is 0 Å². The minimum Gasteiger partial charge on any atom is -0.357 e. The molecule has 2 atom stereocenters. The lowest BCUT2D eigenvalue weighted by Gasteiger charge is -2.32. The standard InChI is InChI=1S/C16H21FN2/c1-10-8-12-11-6-4-5-7-13(11)19-15(12)14(18-10)9-16(2,3)17/h4-7,10,14,18-19H,8-9H2,1-3H3. The van der Waals surface area contributed by atoms with Gasteiger partial charge in [-0.15, -0.1) is 0 Å². The minimum absolute atomic E-state index is 0.0751. The van der Waals surface area contributed by atoms with Crippen molar-refractivity contribution in [3.63, 3.8) is 0 Å². The van der Waals surface area contributed by atoms with E-state index in [1.807, 2.05) is 6.07 Å². The Labute approximate surface area is 113 Å². The Morgan fingerprint density at radius 1 is 1.32 bits per heavy atom. The van der Waals surface area contributed by atoms with Crippen LogP contribution in [-0.4, -0.2) is 16.7 Å². The van der Waals surface area contributed by atoms with E-state index in [4.69, 9.17) is 0 Å². The number of H-pyrrole nitrogens is 1. The van der Waals surface area contributed by atoms with Crippen LogP contribution in [0, 0.1) is 0 Å². The molecule has 0 bridgehead atoms. The predicted octanol–water partition coefficient (Wildman–Crippen LogP) is 3.88. The smallest absolute Gasteiger partial charge is 0.107 e. The first kappa shape index (κ1) is 12.7. The normalized spacial score (nSPS) is 23.6. The van der Waals surface area contributed by atoms with Gasteiger partial charge in [0.25, 0.3) is 0 Å². The lowest BCUT2D eigenvalue weighted by atomic mass is 9.89. The van der Waals surface area contributed by atoms with Crippen LogP contribution in [0.5, 0.6) is 0 Å². The van der Waals surface area contributed by atoms with Gasteiger partial charge < -0.3 is 10.3 Å². The van der Waals surface area contributed by atoms with E-state index in [0.717, 1.165) is 11.9 Å². The summed E-state index contributed by atoms with van der Waals surface area (Å²) in [4.78, 5) is 3.48. The molecule has 3 heteroatoms. The fourth-order valence-corrected chi connectivity index (χ4v) is 3.18. The molecule has 2 unspecified atom stereocenters. The summed E-state index contributed by atoms with van der Waals surface area (Å²) < 4.78 is 14.0. The van der Waals surface area contributed by atoms with Crippen molar-refractivity contribution in [2.45, 2.75) is 51.4 Å². The minimum atomic E-state index is -1.16. The lowest BCUT2D eigenvalue weighted by Crippen LogP contribution is -2.39. The molecule has 2 N–H and O–H groups in total. The Morgan fingerprint density at radius 3 is 2.79 bits per heavy atom. The maximum absolute atomic E-state index is 14.0. The van der Waals surface area contributed by atoms with Crippen LogP contribution in [0.1, 0.15) is 44.5 Å². The first-order valence-electron chi connectivity index (χ1n) is 6.98. The molecule has 2 aromatic rings. The molecule has 1 aromatic heterocycles. The van der Waals surface area contributed by atoms with Crippen molar-refractivity contribution in [2.24, 2.45) is 0 Å². The van der Waals surface area contributed by atoms with Gasteiger partial charge in [0.15, 0.2) is 0 Å². The maximum Gasteiger partial charge on any atom is 0.107 e. The topological polar surface area (TPSA) is 27.8 Å². The van der Waals surface area contributed by atoms with Crippen molar-refractivity contribution in [3.8, 4) is 0 Å². The van der Waals surface area contributed by atoms with Gasteiger partial charge in [-0.1, -0.05) is 18.2 Å². The molecule has 0 amide bonds. The first-order valence-corrected chi connectivity index (χ1v) is 6.98. The van der Waals surface area contributed by atoms with Gasteiger partial charge in [-0.25, -0.2) is 4.39 Å². The molecular weight excluding hydrogens is 239 g/mol. The second kappa shape index (κ2) is 4.34. The molecule has 0 saturated heterocycles. The van der Waals surface area contributed by atoms with Gasteiger partial charge in [0.05, 0.1) is 6.04 Å². The number of hydrogen-bond donors (Lipinski definition) is 2. The quantitative estimate of drug-likeness (QED) is 0.842. The summed E-state index contributed by atoms with van der Waals surface area (Å²) >= 11 is 0. The number of halogens is 1. The molecule has 0 spiro atoms. The summed E-state index contributed by atoms with van der Waals surface area (Å²) in [5.41, 5.74) is 2.52. The fraction of sp³-hybridized carbons (Fsp3) is 0.500. The Hall–Kier alpha value is -1.35. The van der Waals surface area contributed by atoms with Crippen LogP contribution in [-0.2, 0) is 6.42 Å². The molecule has 0 aliphatic carbocycles. The lowest BCUT2D eigenvalue weighted by molar-refractivity contribution is 0.170. The third-order valence-corrected chi connectivity index (χ3v) is 3.88. The summed E-state index contributed by atoms with van der Waals surface area (Å²) in [6.45, 7) is 5.47. The Kier molecular flexibility index (Phi) is 2.90. The number of aromatic nitrogens is 1. The summed E-state index contributed by atoms with van der Waals surface area (Å²) in [6, 6.07) is 8.81. The number of alkyl halides is 1. The zero-order chi connectivity index (χ0) is 13.6. The van der Waals surface area contributed by atoms with Crippen LogP contribution in [0.3, 0.4) is 0 Å². The zero-order valence-electron chi connectivity index (χ0n) is 11.8. The molecule has 102 valence electrons. The van der Waals surface area contributed by atoms with Crippen molar-refractivity contribution >= 4 is 10.9 Å². The molecule has 2 heterocycles. The Bertz CT molecular complexity index is 594. The summed E-state index contributed by atoms with van der Waals surface area (Å²) in [6.07, 6.45) is 1.50. The molecule has 0 fully saturated rings. The number of nitrogens with one attached hydrogen (secondary N) is 2. The predicted molar refractivity (Wildman–Crippen MR) is 77.1 cm³/mol. The van der Waals surface area contributed by atoms with Crippen molar-refractivity contribution in [1.82, 2.24) is 10.3 Å². The highest BCUT2D eigenvalue weighted by Crippen LogP contribution is 2.36. The van der Waals surface area contributed by atoms with Crippen LogP contribution in [0.15, 0.2) is 24.3 Å². The number of rotatable bonds is 2. The summed E-state index contributed by atoms with van der Waals surface area (Å²) in [5.74, 6) is 0. The monoisotopic (exact) mass is 260 g/mol. The molecule has 0 radical (unpaired) electrons. The number of fused-ring (bicyclic) bond motifs is 3. The van der Waals surface area contributed by atoms with Crippen molar-refractivity contribution in [1.29, 1.82) is 0 Å². The number of aromatic amines is 1. The molecule has 3 rings (SSSR count). The van der Waals surface area contributed by atoms with Gasteiger partial charge in [-0.3, -0.25) is 0 Å². The van der Waals surface area contributed by atoms with E-state index in [1.165, 1.54) is 16.6 Å². The largest absolute Gasteiger partial charge is 0.357 e. The van der Waals surface area contributed by atoms with E-state index in [2.05, 4.69) is 35.4 Å². The SMILES string of the molecule is CC1Cc2c([nH]c3ccccc23)C(CC(C)(C)F)N1. The summed E-state index contributed by atoms with van der Waals surface area (Å²) in [7, 11) is 0. The van der Waals surface area contributed by atoms with E-state index in [1.54, 1.807) is 13.8 Å². The van der Waals surface area contributed by atoms with Crippen LogP contribution in [0.4, 0.5) is 4.39 Å². The second-order valence-electron chi connectivity index (χ2n) is 6.31. The van der Waals surface area contributed by atoms with Gasteiger partial charge >= 0.3 is 0 Å². The average Bonchev–Trinajstić information content (AvgIpc) is 2.66. The van der Waals surface area contributed by atoms with E-state index < -0.39 is 5.67 Å². The van der Waals surface area contributed by atoms with E-state index in [0.29, 0.717) is 12.5 Å². The third kappa shape index (κ3) is 2.39. The maximum atomic E-state index is 14.0. The Balaban J connectivity index is 2.08. The average molecular weight is 260 g/mol. The van der Waals surface area contributed by atoms with Crippen molar-refractivity contribution in [2.75, 3.05) is 0 Å². The van der Waals surface area contributed by atoms with Crippen LogP contribution in [0.25, 0.3) is 10.9 Å². The molecule has 0 saturated carbocycles. The molecule has 19 heavy (non-hydrogen) atoms. The fourth-order valence-electron chi connectivity index (χ4n) is 3.18. The molecular formula is C16H21FN2. The Morgan fingerprint density at radius 2 is 2.05 bits per heavy atom. The highest BCUT2D eigenvalue weighted by molar-refractivity contribution is 5.85. The van der Waals surface area contributed by atoms with Gasteiger partial charge in [0, 0.05) is 29.1 Å². The zero-order valence-corrected chi connectivity index (χ0v) is 11.8. The van der Waals surface area contributed by atoms with Crippen LogP contribution >= 0.6 is 0 Å². The summed E-state index contributed by atoms with van der Waals surface area (Å²) in [5, 5.41) is 4.80. The highest BCUT2D eigenvalue weighted by Gasteiger charge is 2.31. The highest BCUT2D eigenvalue weighted by atomic mass is 19.1. The van der Waals surface area contributed by atoms with Crippen molar-refractivity contribution < 1.29 is 4.39 Å². The van der Waals surface area contributed by atoms with Crippen molar-refractivity contribution in [3.05, 3.63) is 35.5 Å². The number of benzene rings is 1. The van der Waals surface area contributed by atoms with E-state index in [-0.39, 0.29) is 6.04 Å². The second-order valence-corrected chi connectivity index (χ2v) is 6.31. The molecule has 1 aliphatic rings. The third-order valence-electron chi connectivity index (χ3n) is 3.88. The molecule has 2 nitrogen and oxygen atoms in total. The van der Waals surface area contributed by atoms with Gasteiger partial charge in [-0.05, 0) is 38.8 Å².